The molecule has 1 aliphatic carbocycles. The SMILES string of the molecule is CCC1C(=O)NC2(CCCC2)C(=O)N1CC(C)SC. The minimum Gasteiger partial charge on any atom is -0.340 e. The van der Waals surface area contributed by atoms with Gasteiger partial charge in [-0.25, -0.2) is 0 Å². The summed E-state index contributed by atoms with van der Waals surface area (Å²) in [5.41, 5.74) is -0.582. The van der Waals surface area contributed by atoms with Crippen LogP contribution in [0.5, 0.6) is 0 Å². The van der Waals surface area contributed by atoms with Gasteiger partial charge in [0.15, 0.2) is 0 Å². The average molecular weight is 284 g/mol. The number of rotatable bonds is 4. The molecule has 1 aliphatic heterocycles. The van der Waals surface area contributed by atoms with Gasteiger partial charge >= 0.3 is 0 Å². The first-order valence-electron chi connectivity index (χ1n) is 7.20. The van der Waals surface area contributed by atoms with E-state index in [2.05, 4.69) is 12.2 Å². The molecule has 2 aliphatic rings. The second kappa shape index (κ2) is 5.73. The second-order valence-corrected chi connectivity index (χ2v) is 6.98. The molecule has 2 amide bonds. The second-order valence-electron chi connectivity index (χ2n) is 5.71. The van der Waals surface area contributed by atoms with E-state index in [1.54, 1.807) is 11.8 Å². The number of thioether (sulfide) groups is 1. The summed E-state index contributed by atoms with van der Waals surface area (Å²) >= 11 is 1.74. The molecule has 1 saturated heterocycles. The lowest BCUT2D eigenvalue weighted by molar-refractivity contribution is -0.154. The van der Waals surface area contributed by atoms with Gasteiger partial charge in [0.1, 0.15) is 11.6 Å². The molecule has 19 heavy (non-hydrogen) atoms. The highest BCUT2D eigenvalue weighted by atomic mass is 32.2. The fraction of sp³-hybridized carbons (Fsp3) is 0.857. The average Bonchev–Trinajstić information content (AvgIpc) is 2.85. The molecule has 0 aromatic carbocycles. The highest BCUT2D eigenvalue weighted by Crippen LogP contribution is 2.35. The molecule has 0 aromatic heterocycles. The van der Waals surface area contributed by atoms with Crippen LogP contribution in [0, 0.1) is 0 Å². The van der Waals surface area contributed by atoms with E-state index >= 15 is 0 Å². The lowest BCUT2D eigenvalue weighted by Crippen LogP contribution is -2.69. The summed E-state index contributed by atoms with van der Waals surface area (Å²) in [6.07, 6.45) is 6.42. The number of carbonyl (C=O) groups is 2. The van der Waals surface area contributed by atoms with E-state index in [0.717, 1.165) is 25.7 Å². The van der Waals surface area contributed by atoms with Crippen LogP contribution in [0.4, 0.5) is 0 Å². The minimum atomic E-state index is -0.582. The molecule has 1 N–H and O–H groups in total. The highest BCUT2D eigenvalue weighted by Gasteiger charge is 2.51. The van der Waals surface area contributed by atoms with Gasteiger partial charge in [-0.15, -0.1) is 0 Å². The fourth-order valence-electron chi connectivity index (χ4n) is 3.22. The molecule has 0 bridgehead atoms. The van der Waals surface area contributed by atoms with Crippen molar-refractivity contribution >= 4 is 23.6 Å². The van der Waals surface area contributed by atoms with Crippen LogP contribution in [0.2, 0.25) is 0 Å². The number of hydrogen-bond acceptors (Lipinski definition) is 3. The van der Waals surface area contributed by atoms with Crippen molar-refractivity contribution in [2.24, 2.45) is 0 Å². The van der Waals surface area contributed by atoms with Gasteiger partial charge in [-0.2, -0.15) is 11.8 Å². The van der Waals surface area contributed by atoms with Crippen LogP contribution in [-0.2, 0) is 9.59 Å². The Kier molecular flexibility index (Phi) is 4.43. The van der Waals surface area contributed by atoms with Crippen LogP contribution < -0.4 is 5.32 Å². The van der Waals surface area contributed by atoms with Crippen molar-refractivity contribution in [3.63, 3.8) is 0 Å². The number of amides is 2. The lowest BCUT2D eigenvalue weighted by Gasteiger charge is -2.45. The Balaban J connectivity index is 2.23. The summed E-state index contributed by atoms with van der Waals surface area (Å²) in [7, 11) is 0. The third-order valence-corrected chi connectivity index (χ3v) is 5.37. The summed E-state index contributed by atoms with van der Waals surface area (Å²) in [4.78, 5) is 27.0. The van der Waals surface area contributed by atoms with Crippen molar-refractivity contribution in [3.05, 3.63) is 0 Å². The van der Waals surface area contributed by atoms with Gasteiger partial charge in [-0.3, -0.25) is 9.59 Å². The van der Waals surface area contributed by atoms with Gasteiger partial charge in [0.25, 0.3) is 0 Å². The zero-order valence-corrected chi connectivity index (χ0v) is 12.9. The summed E-state index contributed by atoms with van der Waals surface area (Å²) < 4.78 is 0. The van der Waals surface area contributed by atoms with Crippen LogP contribution >= 0.6 is 11.8 Å². The van der Waals surface area contributed by atoms with E-state index in [1.807, 2.05) is 18.1 Å². The molecule has 1 spiro atoms. The molecule has 5 heteroatoms. The Morgan fingerprint density at radius 3 is 2.58 bits per heavy atom. The van der Waals surface area contributed by atoms with Crippen molar-refractivity contribution in [1.29, 1.82) is 0 Å². The quantitative estimate of drug-likeness (QED) is 0.856. The number of piperazine rings is 1. The normalized spacial score (nSPS) is 27.7. The molecule has 0 aromatic rings. The summed E-state index contributed by atoms with van der Waals surface area (Å²) in [6, 6.07) is -0.284. The Labute approximate surface area is 119 Å². The third-order valence-electron chi connectivity index (χ3n) is 4.41. The van der Waals surface area contributed by atoms with Gasteiger partial charge in [0.2, 0.25) is 11.8 Å². The maximum Gasteiger partial charge on any atom is 0.249 e. The molecule has 4 nitrogen and oxygen atoms in total. The Hall–Kier alpha value is -0.710. The Morgan fingerprint density at radius 1 is 1.42 bits per heavy atom. The lowest BCUT2D eigenvalue weighted by atomic mass is 9.90. The number of nitrogens with zero attached hydrogens (tertiary/aromatic N) is 1. The first-order chi connectivity index (χ1) is 9.04. The highest BCUT2D eigenvalue weighted by molar-refractivity contribution is 7.99. The largest absolute Gasteiger partial charge is 0.340 e. The standard InChI is InChI=1S/C14H24N2O2S/c1-4-11-12(17)15-14(7-5-6-8-14)13(18)16(11)9-10(2)19-3/h10-11H,4-9H2,1-3H3,(H,15,17). The molecule has 108 valence electrons. The zero-order chi connectivity index (χ0) is 14.0. The zero-order valence-electron chi connectivity index (χ0n) is 12.1. The molecule has 2 atom stereocenters. The predicted molar refractivity (Wildman–Crippen MR) is 78.1 cm³/mol. The first-order valence-corrected chi connectivity index (χ1v) is 8.48. The maximum absolute atomic E-state index is 12.8. The van der Waals surface area contributed by atoms with Crippen molar-refractivity contribution in [3.8, 4) is 0 Å². The van der Waals surface area contributed by atoms with E-state index in [0.29, 0.717) is 18.2 Å². The van der Waals surface area contributed by atoms with Crippen molar-refractivity contribution < 1.29 is 9.59 Å². The van der Waals surface area contributed by atoms with Crippen LogP contribution in [0.1, 0.15) is 46.0 Å². The van der Waals surface area contributed by atoms with E-state index in [-0.39, 0.29) is 17.9 Å². The smallest absolute Gasteiger partial charge is 0.249 e. The number of carbonyl (C=O) groups excluding carboxylic acids is 2. The molecule has 0 radical (unpaired) electrons. The molecular formula is C14H24N2O2S. The van der Waals surface area contributed by atoms with Gasteiger partial charge in [0, 0.05) is 11.8 Å². The predicted octanol–water partition coefficient (Wildman–Crippen LogP) is 1.79. The summed E-state index contributed by atoms with van der Waals surface area (Å²) in [5, 5.41) is 3.39. The third kappa shape index (κ3) is 2.62. The van der Waals surface area contributed by atoms with Gasteiger partial charge in [-0.05, 0) is 25.5 Å². The molecule has 2 unspecified atom stereocenters. The molecule has 2 fully saturated rings. The minimum absolute atomic E-state index is 0.0392. The van der Waals surface area contributed by atoms with Crippen molar-refractivity contribution in [2.45, 2.75) is 62.8 Å². The Morgan fingerprint density at radius 2 is 2.05 bits per heavy atom. The van der Waals surface area contributed by atoms with Gasteiger partial charge in [-0.1, -0.05) is 26.7 Å². The van der Waals surface area contributed by atoms with Crippen LogP contribution in [0.15, 0.2) is 0 Å². The summed E-state index contributed by atoms with van der Waals surface area (Å²) in [5.74, 6) is 0.189. The summed E-state index contributed by atoms with van der Waals surface area (Å²) in [6.45, 7) is 4.76. The molecule has 1 heterocycles. The monoisotopic (exact) mass is 284 g/mol. The first kappa shape index (κ1) is 14.7. The van der Waals surface area contributed by atoms with E-state index < -0.39 is 5.54 Å². The van der Waals surface area contributed by atoms with E-state index in [1.165, 1.54) is 0 Å². The van der Waals surface area contributed by atoms with Crippen LogP contribution in [0.3, 0.4) is 0 Å². The van der Waals surface area contributed by atoms with Crippen LogP contribution in [0.25, 0.3) is 0 Å². The maximum atomic E-state index is 12.8. The Bertz CT molecular complexity index is 366. The molecule has 1 saturated carbocycles. The van der Waals surface area contributed by atoms with Crippen molar-refractivity contribution in [1.82, 2.24) is 10.2 Å². The molecular weight excluding hydrogens is 260 g/mol. The van der Waals surface area contributed by atoms with E-state index in [9.17, 15) is 9.59 Å². The number of hydrogen-bond donors (Lipinski definition) is 1. The van der Waals surface area contributed by atoms with Gasteiger partial charge < -0.3 is 10.2 Å². The topological polar surface area (TPSA) is 49.4 Å². The molecule has 2 rings (SSSR count). The van der Waals surface area contributed by atoms with E-state index in [4.69, 9.17) is 0 Å². The number of nitrogens with one attached hydrogen (secondary N) is 1. The fourth-order valence-corrected chi connectivity index (χ4v) is 3.53. The van der Waals surface area contributed by atoms with Gasteiger partial charge in [0.05, 0.1) is 0 Å². The van der Waals surface area contributed by atoms with Crippen LogP contribution in [-0.4, -0.2) is 46.3 Å². The van der Waals surface area contributed by atoms with Crippen molar-refractivity contribution in [2.75, 3.05) is 12.8 Å².